The molecule has 3 rings (SSSR count). The van der Waals surface area contributed by atoms with Crippen molar-refractivity contribution in [2.75, 3.05) is 19.7 Å². The molecule has 1 fully saturated rings. The SMILES string of the molecule is O=C(c1cc[nH]c1)N1CCC[C@@H](COc2ccc(F)cc2)C1. The summed E-state index contributed by atoms with van der Waals surface area (Å²) in [5.41, 5.74) is 0.695. The molecule has 116 valence electrons. The van der Waals surface area contributed by atoms with Crippen LogP contribution in [-0.2, 0) is 0 Å². The molecule has 1 amide bonds. The van der Waals surface area contributed by atoms with Gasteiger partial charge in [0.05, 0.1) is 12.2 Å². The second-order valence-electron chi connectivity index (χ2n) is 5.62. The summed E-state index contributed by atoms with van der Waals surface area (Å²) in [6, 6.07) is 7.82. The van der Waals surface area contributed by atoms with Gasteiger partial charge in [-0.05, 0) is 43.2 Å². The second-order valence-corrected chi connectivity index (χ2v) is 5.62. The first-order valence-electron chi connectivity index (χ1n) is 7.53. The van der Waals surface area contributed by atoms with Crippen LogP contribution in [0.4, 0.5) is 4.39 Å². The van der Waals surface area contributed by atoms with E-state index in [1.807, 2.05) is 4.90 Å². The van der Waals surface area contributed by atoms with E-state index >= 15 is 0 Å². The molecular weight excluding hydrogens is 283 g/mol. The van der Waals surface area contributed by atoms with Crippen molar-refractivity contribution in [2.24, 2.45) is 5.92 Å². The number of piperidine rings is 1. The lowest BCUT2D eigenvalue weighted by atomic mass is 9.98. The van der Waals surface area contributed by atoms with Crippen molar-refractivity contribution in [3.8, 4) is 5.75 Å². The highest BCUT2D eigenvalue weighted by Gasteiger charge is 2.25. The van der Waals surface area contributed by atoms with Crippen molar-refractivity contribution in [3.63, 3.8) is 0 Å². The van der Waals surface area contributed by atoms with Gasteiger partial charge in [0.2, 0.25) is 0 Å². The van der Waals surface area contributed by atoms with Gasteiger partial charge >= 0.3 is 0 Å². The Bertz CT molecular complexity index is 610. The molecule has 1 aliphatic rings. The number of aromatic nitrogens is 1. The average molecular weight is 302 g/mol. The summed E-state index contributed by atoms with van der Waals surface area (Å²) in [4.78, 5) is 17.1. The van der Waals surface area contributed by atoms with Crippen LogP contribution in [0.3, 0.4) is 0 Å². The van der Waals surface area contributed by atoms with Gasteiger partial charge in [0.25, 0.3) is 5.91 Å². The number of benzene rings is 1. The number of carbonyl (C=O) groups is 1. The summed E-state index contributed by atoms with van der Waals surface area (Å²) >= 11 is 0. The Labute approximate surface area is 128 Å². The molecule has 2 aromatic rings. The van der Waals surface area contributed by atoms with Crippen LogP contribution >= 0.6 is 0 Å². The topological polar surface area (TPSA) is 45.3 Å². The largest absolute Gasteiger partial charge is 0.493 e. The summed E-state index contributed by atoms with van der Waals surface area (Å²) in [5.74, 6) is 0.762. The van der Waals surface area contributed by atoms with Gasteiger partial charge < -0.3 is 14.6 Å². The van der Waals surface area contributed by atoms with Crippen molar-refractivity contribution < 1.29 is 13.9 Å². The van der Waals surface area contributed by atoms with Gasteiger partial charge in [-0.1, -0.05) is 0 Å². The number of carbonyl (C=O) groups excluding carboxylic acids is 1. The molecule has 4 nitrogen and oxygen atoms in total. The summed E-state index contributed by atoms with van der Waals surface area (Å²) < 4.78 is 18.6. The Hall–Kier alpha value is -2.30. The number of halogens is 1. The van der Waals surface area contributed by atoms with E-state index in [9.17, 15) is 9.18 Å². The Morgan fingerprint density at radius 2 is 2.14 bits per heavy atom. The third kappa shape index (κ3) is 3.47. The molecule has 1 saturated heterocycles. The van der Waals surface area contributed by atoms with E-state index in [1.54, 1.807) is 30.6 Å². The quantitative estimate of drug-likeness (QED) is 0.943. The van der Waals surface area contributed by atoms with Crippen LogP contribution in [0.25, 0.3) is 0 Å². The van der Waals surface area contributed by atoms with E-state index in [2.05, 4.69) is 4.98 Å². The molecule has 0 radical (unpaired) electrons. The number of amides is 1. The van der Waals surface area contributed by atoms with Gasteiger partial charge in [0, 0.05) is 31.4 Å². The van der Waals surface area contributed by atoms with Crippen LogP contribution in [0, 0.1) is 11.7 Å². The number of hydrogen-bond donors (Lipinski definition) is 1. The Morgan fingerprint density at radius 3 is 2.86 bits per heavy atom. The van der Waals surface area contributed by atoms with Gasteiger partial charge in [0.15, 0.2) is 0 Å². The van der Waals surface area contributed by atoms with Crippen molar-refractivity contribution >= 4 is 5.91 Å². The zero-order valence-electron chi connectivity index (χ0n) is 12.3. The number of ether oxygens (including phenoxy) is 1. The van der Waals surface area contributed by atoms with Gasteiger partial charge in [-0.15, -0.1) is 0 Å². The Morgan fingerprint density at radius 1 is 1.32 bits per heavy atom. The molecular formula is C17H19FN2O2. The Balaban J connectivity index is 1.54. The minimum Gasteiger partial charge on any atom is -0.493 e. The fourth-order valence-corrected chi connectivity index (χ4v) is 2.77. The Kier molecular flexibility index (Phi) is 4.42. The average Bonchev–Trinajstić information content (AvgIpc) is 3.08. The van der Waals surface area contributed by atoms with Gasteiger partial charge in [-0.25, -0.2) is 4.39 Å². The zero-order chi connectivity index (χ0) is 15.4. The van der Waals surface area contributed by atoms with Crippen LogP contribution < -0.4 is 4.74 Å². The van der Waals surface area contributed by atoms with E-state index in [4.69, 9.17) is 4.74 Å². The first kappa shape index (κ1) is 14.6. The van der Waals surface area contributed by atoms with Crippen molar-refractivity contribution in [1.82, 2.24) is 9.88 Å². The van der Waals surface area contributed by atoms with E-state index in [0.717, 1.165) is 19.4 Å². The molecule has 1 N–H and O–H groups in total. The first-order chi connectivity index (χ1) is 10.7. The highest BCUT2D eigenvalue weighted by atomic mass is 19.1. The van der Waals surface area contributed by atoms with Crippen LogP contribution in [0.15, 0.2) is 42.7 Å². The van der Waals surface area contributed by atoms with Gasteiger partial charge in [-0.2, -0.15) is 0 Å². The minimum atomic E-state index is -0.270. The lowest BCUT2D eigenvalue weighted by molar-refractivity contribution is 0.0633. The summed E-state index contributed by atoms with van der Waals surface area (Å²) in [7, 11) is 0. The van der Waals surface area contributed by atoms with Crippen LogP contribution in [0.1, 0.15) is 23.2 Å². The highest BCUT2D eigenvalue weighted by molar-refractivity contribution is 5.94. The minimum absolute atomic E-state index is 0.0627. The summed E-state index contributed by atoms with van der Waals surface area (Å²) in [6.07, 6.45) is 5.50. The van der Waals surface area contributed by atoms with Crippen LogP contribution in [0.5, 0.6) is 5.75 Å². The molecule has 0 saturated carbocycles. The van der Waals surface area contributed by atoms with Crippen LogP contribution in [0.2, 0.25) is 0 Å². The van der Waals surface area contributed by atoms with Gasteiger partial charge in [-0.3, -0.25) is 4.79 Å². The summed E-state index contributed by atoms with van der Waals surface area (Å²) in [5, 5.41) is 0. The maximum atomic E-state index is 12.9. The summed E-state index contributed by atoms with van der Waals surface area (Å²) in [6.45, 7) is 2.03. The lowest BCUT2D eigenvalue weighted by Crippen LogP contribution is -2.41. The molecule has 0 aliphatic carbocycles. The smallest absolute Gasteiger partial charge is 0.255 e. The van der Waals surface area contributed by atoms with Crippen molar-refractivity contribution in [3.05, 3.63) is 54.1 Å². The standard InChI is InChI=1S/C17H19FN2O2/c18-15-3-5-16(6-4-15)22-12-13-2-1-9-20(11-13)17(21)14-7-8-19-10-14/h3-8,10,13,19H,1-2,9,11-12H2/t13-/m1/s1. The molecule has 22 heavy (non-hydrogen) atoms. The fraction of sp³-hybridized carbons (Fsp3) is 0.353. The number of likely N-dealkylation sites (tertiary alicyclic amines) is 1. The highest BCUT2D eigenvalue weighted by Crippen LogP contribution is 2.20. The predicted molar refractivity (Wildman–Crippen MR) is 81.3 cm³/mol. The fourth-order valence-electron chi connectivity index (χ4n) is 2.77. The van der Waals surface area contributed by atoms with E-state index in [1.165, 1.54) is 12.1 Å². The molecule has 2 heterocycles. The normalized spacial score (nSPS) is 18.2. The number of rotatable bonds is 4. The maximum Gasteiger partial charge on any atom is 0.255 e. The molecule has 0 spiro atoms. The second kappa shape index (κ2) is 6.64. The first-order valence-corrected chi connectivity index (χ1v) is 7.53. The molecule has 1 aliphatic heterocycles. The molecule has 5 heteroatoms. The van der Waals surface area contributed by atoms with E-state index < -0.39 is 0 Å². The van der Waals surface area contributed by atoms with E-state index in [-0.39, 0.29) is 11.7 Å². The number of aromatic amines is 1. The lowest BCUT2D eigenvalue weighted by Gasteiger charge is -2.32. The number of H-pyrrole nitrogens is 1. The molecule has 1 aromatic carbocycles. The molecule has 1 atom stereocenters. The van der Waals surface area contributed by atoms with Crippen LogP contribution in [-0.4, -0.2) is 35.5 Å². The number of nitrogens with one attached hydrogen (secondary N) is 1. The predicted octanol–water partition coefficient (Wildman–Crippen LogP) is 3.09. The monoisotopic (exact) mass is 302 g/mol. The third-order valence-corrected chi connectivity index (χ3v) is 3.95. The maximum absolute atomic E-state index is 12.9. The van der Waals surface area contributed by atoms with Gasteiger partial charge in [0.1, 0.15) is 11.6 Å². The zero-order valence-corrected chi connectivity index (χ0v) is 12.3. The molecule has 0 bridgehead atoms. The number of nitrogens with zero attached hydrogens (tertiary/aromatic N) is 1. The number of hydrogen-bond acceptors (Lipinski definition) is 2. The third-order valence-electron chi connectivity index (χ3n) is 3.95. The van der Waals surface area contributed by atoms with Crippen molar-refractivity contribution in [2.45, 2.75) is 12.8 Å². The molecule has 1 aromatic heterocycles. The van der Waals surface area contributed by atoms with E-state index in [0.29, 0.717) is 30.4 Å². The van der Waals surface area contributed by atoms with Crippen molar-refractivity contribution in [1.29, 1.82) is 0 Å². The molecule has 0 unspecified atom stereocenters.